The largest absolute Gasteiger partial charge is 0.507 e. The Hall–Kier alpha value is -6.18. The lowest BCUT2D eigenvalue weighted by Gasteiger charge is -2.30. The van der Waals surface area contributed by atoms with Gasteiger partial charge >= 0.3 is 11.9 Å². The molecule has 1 aliphatic rings. The highest BCUT2D eigenvalue weighted by Crippen LogP contribution is 2.40. The monoisotopic (exact) mass is 658 g/mol. The molecule has 48 heavy (non-hydrogen) atoms. The number of carbonyl (C=O) groups is 4. The van der Waals surface area contributed by atoms with E-state index in [1.165, 1.54) is 37.3 Å². The summed E-state index contributed by atoms with van der Waals surface area (Å²) in [6.07, 6.45) is 0. The summed E-state index contributed by atoms with van der Waals surface area (Å²) in [7, 11) is 0. The number of phenolic OH excluding ortho intramolecular Hbond substituents is 1. The van der Waals surface area contributed by atoms with Crippen molar-refractivity contribution in [2.24, 2.45) is 0 Å². The first kappa shape index (κ1) is 34.7. The molecule has 0 fully saturated rings. The molecule has 14 nitrogen and oxygen atoms in total. The van der Waals surface area contributed by atoms with Crippen LogP contribution in [0.15, 0.2) is 95.3 Å². The molecule has 0 saturated heterocycles. The number of rotatable bonds is 13. The van der Waals surface area contributed by atoms with Crippen molar-refractivity contribution >= 4 is 35.1 Å². The second-order valence-electron chi connectivity index (χ2n) is 10.6. The van der Waals surface area contributed by atoms with Gasteiger partial charge in [0, 0.05) is 36.1 Å². The number of hydrogen-bond donors (Lipinski definition) is 4. The fourth-order valence-corrected chi connectivity index (χ4v) is 5.04. The quantitative estimate of drug-likeness (QED) is 0.0894. The number of para-hydroxylation sites is 1. The van der Waals surface area contributed by atoms with Crippen molar-refractivity contribution in [1.29, 1.82) is 0 Å². The Balaban J connectivity index is 1.48. The Morgan fingerprint density at radius 3 is 2.15 bits per heavy atom. The number of hydrogen-bond acceptors (Lipinski definition) is 11. The number of phenols is 1. The van der Waals surface area contributed by atoms with E-state index in [9.17, 15) is 34.4 Å². The number of non-ortho nitro benzene ring substituents is 1. The highest BCUT2D eigenvalue weighted by Gasteiger charge is 2.38. The summed E-state index contributed by atoms with van der Waals surface area (Å²) in [5.74, 6) is -3.20. The second kappa shape index (κ2) is 15.9. The summed E-state index contributed by atoms with van der Waals surface area (Å²) < 4.78 is 16.6. The summed E-state index contributed by atoms with van der Waals surface area (Å²) in [4.78, 5) is 61.7. The van der Waals surface area contributed by atoms with Gasteiger partial charge < -0.3 is 35.3 Å². The smallest absolute Gasteiger partial charge is 0.336 e. The lowest BCUT2D eigenvalue weighted by atomic mass is 9.80. The maximum absolute atomic E-state index is 13.5. The number of nitrogens with one attached hydrogen (secondary N) is 3. The fourth-order valence-electron chi connectivity index (χ4n) is 5.04. The van der Waals surface area contributed by atoms with Gasteiger partial charge in [-0.1, -0.05) is 24.3 Å². The van der Waals surface area contributed by atoms with Crippen LogP contribution in [0.3, 0.4) is 0 Å². The summed E-state index contributed by atoms with van der Waals surface area (Å²) in [6, 6.07) is 18.2. The minimum atomic E-state index is -1.09. The molecule has 2 amide bonds. The Morgan fingerprint density at radius 2 is 1.52 bits per heavy atom. The topological polar surface area (TPSA) is 195 Å². The number of nitro groups is 1. The van der Waals surface area contributed by atoms with E-state index in [4.69, 9.17) is 14.2 Å². The van der Waals surface area contributed by atoms with Crippen molar-refractivity contribution in [3.05, 3.63) is 117 Å². The van der Waals surface area contributed by atoms with Crippen LogP contribution in [0, 0.1) is 10.1 Å². The van der Waals surface area contributed by atoms with Crippen LogP contribution in [-0.2, 0) is 23.9 Å². The molecule has 1 heterocycles. The van der Waals surface area contributed by atoms with Crippen LogP contribution in [0.1, 0.15) is 42.6 Å². The zero-order valence-electron chi connectivity index (χ0n) is 26.4. The number of ether oxygens (including phenoxy) is 3. The fraction of sp³-hybridized carbons (Fsp3) is 0.235. The molecule has 0 bridgehead atoms. The molecule has 3 aromatic rings. The van der Waals surface area contributed by atoms with E-state index in [-0.39, 0.29) is 66.0 Å². The first-order valence-electron chi connectivity index (χ1n) is 14.8. The van der Waals surface area contributed by atoms with E-state index in [1.807, 2.05) is 0 Å². The molecular weight excluding hydrogens is 624 g/mol. The summed E-state index contributed by atoms with van der Waals surface area (Å²) in [6.45, 7) is 4.12. The minimum absolute atomic E-state index is 0.0112. The number of anilines is 1. The first-order valence-corrected chi connectivity index (χ1v) is 14.8. The van der Waals surface area contributed by atoms with Crippen molar-refractivity contribution in [2.45, 2.75) is 26.7 Å². The number of nitrogens with zero attached hydrogens (tertiary/aromatic N) is 1. The molecule has 0 saturated carbocycles. The zero-order chi connectivity index (χ0) is 34.8. The molecule has 0 aliphatic carbocycles. The second-order valence-corrected chi connectivity index (χ2v) is 10.6. The van der Waals surface area contributed by atoms with Gasteiger partial charge in [0.05, 0.1) is 34.1 Å². The maximum atomic E-state index is 13.5. The average Bonchev–Trinajstić information content (AvgIpc) is 3.05. The van der Waals surface area contributed by atoms with E-state index in [2.05, 4.69) is 16.0 Å². The summed E-state index contributed by atoms with van der Waals surface area (Å²) in [5, 5.41) is 29.7. The number of amides is 2. The first-order chi connectivity index (χ1) is 23.0. The van der Waals surface area contributed by atoms with Crippen LogP contribution in [0.5, 0.6) is 11.5 Å². The Kier molecular flexibility index (Phi) is 11.5. The van der Waals surface area contributed by atoms with Crippen molar-refractivity contribution < 1.29 is 43.4 Å². The number of esters is 2. The molecule has 14 heteroatoms. The number of aromatic hydroxyl groups is 1. The lowest BCUT2D eigenvalue weighted by molar-refractivity contribution is -0.384. The van der Waals surface area contributed by atoms with Crippen LogP contribution < -0.4 is 20.7 Å². The normalized spacial score (nSPS) is 14.0. The minimum Gasteiger partial charge on any atom is -0.507 e. The number of benzene rings is 3. The maximum Gasteiger partial charge on any atom is 0.336 e. The van der Waals surface area contributed by atoms with Gasteiger partial charge in [-0.2, -0.15) is 0 Å². The molecule has 1 aliphatic heterocycles. The van der Waals surface area contributed by atoms with E-state index >= 15 is 0 Å². The predicted octanol–water partition coefficient (Wildman–Crippen LogP) is 4.09. The molecule has 4 N–H and O–H groups in total. The van der Waals surface area contributed by atoms with Crippen molar-refractivity contribution in [3.8, 4) is 11.5 Å². The van der Waals surface area contributed by atoms with Gasteiger partial charge in [-0.05, 0) is 55.8 Å². The zero-order valence-corrected chi connectivity index (χ0v) is 26.4. The molecule has 0 radical (unpaired) electrons. The third-order valence-electron chi connectivity index (χ3n) is 7.14. The van der Waals surface area contributed by atoms with Gasteiger partial charge in [0.15, 0.2) is 0 Å². The van der Waals surface area contributed by atoms with Crippen molar-refractivity contribution in [1.82, 2.24) is 10.6 Å². The number of nitro benzene ring substituents is 1. The molecule has 3 aromatic carbocycles. The molecule has 1 atom stereocenters. The van der Waals surface area contributed by atoms with Gasteiger partial charge in [-0.25, -0.2) is 9.59 Å². The molecule has 1 unspecified atom stereocenters. The van der Waals surface area contributed by atoms with E-state index in [0.717, 1.165) is 0 Å². The van der Waals surface area contributed by atoms with Crippen LogP contribution in [0.2, 0.25) is 0 Å². The van der Waals surface area contributed by atoms with Gasteiger partial charge in [0.2, 0.25) is 5.91 Å². The van der Waals surface area contributed by atoms with Crippen LogP contribution in [-0.4, -0.2) is 60.1 Å². The summed E-state index contributed by atoms with van der Waals surface area (Å²) >= 11 is 0. The molecular formula is C34H34N4O10. The van der Waals surface area contributed by atoms with E-state index < -0.39 is 28.7 Å². The Bertz CT molecular complexity index is 1780. The van der Waals surface area contributed by atoms with E-state index in [0.29, 0.717) is 22.8 Å². The third kappa shape index (κ3) is 8.75. The highest BCUT2D eigenvalue weighted by molar-refractivity contribution is 6.00. The van der Waals surface area contributed by atoms with Gasteiger partial charge in [-0.15, -0.1) is 0 Å². The predicted molar refractivity (Wildman–Crippen MR) is 173 cm³/mol. The SMILES string of the molecule is CC(=O)Nc1ccc(OCCOC(=O)C2=C(C)NC(C)=C(C(=O)OCCNC(=O)c3ccccc3O)C2c2cccc([N+](=O)[O-])c2)cc1. The molecule has 250 valence electrons. The average molecular weight is 659 g/mol. The number of carbonyl (C=O) groups excluding carboxylic acids is 4. The van der Waals surface area contributed by atoms with Crippen LogP contribution >= 0.6 is 0 Å². The summed E-state index contributed by atoms with van der Waals surface area (Å²) in [5.41, 5.74) is 1.48. The van der Waals surface area contributed by atoms with Crippen molar-refractivity contribution in [3.63, 3.8) is 0 Å². The number of dihydropyridines is 1. The van der Waals surface area contributed by atoms with E-state index in [1.54, 1.807) is 56.3 Å². The van der Waals surface area contributed by atoms with Crippen LogP contribution in [0.4, 0.5) is 11.4 Å². The molecule has 4 rings (SSSR count). The standard InChI is InChI=1S/C34H34N4O10/c1-20-29(33(42)47-16-15-35-32(41)27-9-4-5-10-28(27)40)31(23-7-6-8-25(19-23)38(44)45)30(21(2)36-20)34(43)48-18-17-46-26-13-11-24(12-14-26)37-22(3)39/h4-14,19,31,36,40H,15-18H2,1-3H3,(H,35,41)(H,37,39). The van der Waals surface area contributed by atoms with Gasteiger partial charge in [0.25, 0.3) is 11.6 Å². The third-order valence-corrected chi connectivity index (χ3v) is 7.14. The van der Waals surface area contributed by atoms with Crippen molar-refractivity contribution in [2.75, 3.05) is 31.7 Å². The lowest BCUT2D eigenvalue weighted by Crippen LogP contribution is -2.34. The Morgan fingerprint density at radius 1 is 0.875 bits per heavy atom. The van der Waals surface area contributed by atoms with Crippen LogP contribution in [0.25, 0.3) is 0 Å². The Labute approximate surface area is 275 Å². The number of allylic oxidation sites excluding steroid dienone is 2. The van der Waals surface area contributed by atoms with Gasteiger partial charge in [0.1, 0.15) is 31.3 Å². The van der Waals surface area contributed by atoms with Gasteiger partial charge in [-0.3, -0.25) is 19.7 Å². The molecule has 0 spiro atoms. The molecule has 0 aromatic heterocycles. The highest BCUT2D eigenvalue weighted by atomic mass is 16.6.